The van der Waals surface area contributed by atoms with Crippen LogP contribution in [0.5, 0.6) is 5.75 Å². The monoisotopic (exact) mass is 348 g/mol. The number of benzene rings is 1. The van der Waals surface area contributed by atoms with Gasteiger partial charge in [-0.3, -0.25) is 0 Å². The first kappa shape index (κ1) is 14.0. The van der Waals surface area contributed by atoms with Crippen molar-refractivity contribution >= 4 is 31.9 Å². The molecule has 0 aliphatic rings. The molecule has 0 heterocycles. The minimum absolute atomic E-state index is 0.611. The minimum atomic E-state index is 0.611. The van der Waals surface area contributed by atoms with Crippen molar-refractivity contribution in [1.82, 2.24) is 0 Å². The van der Waals surface area contributed by atoms with Gasteiger partial charge in [-0.1, -0.05) is 48.3 Å². The summed E-state index contributed by atoms with van der Waals surface area (Å²) in [5.74, 6) is 1.59. The molecule has 0 aromatic heterocycles. The average molecular weight is 350 g/mol. The largest absolute Gasteiger partial charge is 0.492 e. The summed E-state index contributed by atoms with van der Waals surface area (Å²) in [6, 6.07) is 6.13. The van der Waals surface area contributed by atoms with Crippen LogP contribution in [-0.4, -0.2) is 6.61 Å². The third kappa shape index (κ3) is 4.10. The fourth-order valence-corrected chi connectivity index (χ4v) is 2.59. The van der Waals surface area contributed by atoms with Crippen molar-refractivity contribution in [2.24, 2.45) is 5.92 Å². The van der Waals surface area contributed by atoms with E-state index in [1.807, 2.05) is 12.1 Å². The molecule has 1 aromatic carbocycles. The highest BCUT2D eigenvalue weighted by molar-refractivity contribution is 9.10. The minimum Gasteiger partial charge on any atom is -0.492 e. The molecule has 0 aliphatic heterocycles. The maximum Gasteiger partial charge on any atom is 0.137 e. The lowest BCUT2D eigenvalue weighted by Crippen LogP contribution is -2.09. The second-order valence-electron chi connectivity index (χ2n) is 4.07. The summed E-state index contributed by atoms with van der Waals surface area (Å²) >= 11 is 7.01. The van der Waals surface area contributed by atoms with Crippen LogP contribution in [0.1, 0.15) is 32.3 Å². The maximum atomic E-state index is 5.90. The van der Waals surface area contributed by atoms with E-state index in [0.717, 1.165) is 22.2 Å². The van der Waals surface area contributed by atoms with Gasteiger partial charge in [0.2, 0.25) is 0 Å². The van der Waals surface area contributed by atoms with Gasteiger partial charge in [0.25, 0.3) is 0 Å². The van der Waals surface area contributed by atoms with Gasteiger partial charge >= 0.3 is 0 Å². The second-order valence-corrected chi connectivity index (χ2v) is 5.48. The summed E-state index contributed by atoms with van der Waals surface area (Å²) in [6.45, 7) is 5.23. The van der Waals surface area contributed by atoms with Crippen molar-refractivity contribution in [1.29, 1.82) is 0 Å². The Labute approximate surface area is 115 Å². The molecule has 0 amide bonds. The summed E-state index contributed by atoms with van der Waals surface area (Å²) in [4.78, 5) is 0. The zero-order valence-electron chi connectivity index (χ0n) is 9.80. The smallest absolute Gasteiger partial charge is 0.137 e. The molecule has 0 saturated heterocycles. The van der Waals surface area contributed by atoms with E-state index in [4.69, 9.17) is 4.74 Å². The van der Waals surface area contributed by atoms with Gasteiger partial charge in [0.05, 0.1) is 11.1 Å². The second kappa shape index (κ2) is 7.33. The first-order valence-corrected chi connectivity index (χ1v) is 7.56. The van der Waals surface area contributed by atoms with Crippen LogP contribution in [-0.2, 0) is 5.33 Å². The molecule has 1 atom stereocenters. The Hall–Kier alpha value is -0.0200. The van der Waals surface area contributed by atoms with Gasteiger partial charge in [0.1, 0.15) is 5.75 Å². The number of halogens is 2. The summed E-state index contributed by atoms with van der Waals surface area (Å²) in [5.41, 5.74) is 1.19. The summed E-state index contributed by atoms with van der Waals surface area (Å²) < 4.78 is 6.93. The number of alkyl halides is 1. The Morgan fingerprint density at radius 2 is 2.12 bits per heavy atom. The number of para-hydroxylation sites is 1. The SMILES string of the molecule is CCCC(C)COc1c(Br)cccc1CBr. The van der Waals surface area contributed by atoms with Gasteiger partial charge in [-0.15, -0.1) is 0 Å². The lowest BCUT2D eigenvalue weighted by molar-refractivity contribution is 0.248. The van der Waals surface area contributed by atoms with Crippen molar-refractivity contribution < 1.29 is 4.74 Å². The lowest BCUT2D eigenvalue weighted by atomic mass is 10.1. The van der Waals surface area contributed by atoms with Crippen molar-refractivity contribution in [3.05, 3.63) is 28.2 Å². The summed E-state index contributed by atoms with van der Waals surface area (Å²) in [5, 5.41) is 0.823. The number of rotatable bonds is 6. The van der Waals surface area contributed by atoms with E-state index in [1.165, 1.54) is 18.4 Å². The Morgan fingerprint density at radius 1 is 1.38 bits per heavy atom. The molecule has 1 rings (SSSR count). The molecule has 0 radical (unpaired) electrons. The summed E-state index contributed by atoms with van der Waals surface area (Å²) in [6.07, 6.45) is 2.43. The molecule has 0 fully saturated rings. The van der Waals surface area contributed by atoms with Crippen LogP contribution in [0.3, 0.4) is 0 Å². The van der Waals surface area contributed by atoms with Crippen molar-refractivity contribution in [2.75, 3.05) is 6.61 Å². The first-order valence-electron chi connectivity index (χ1n) is 5.65. The highest BCUT2D eigenvalue weighted by atomic mass is 79.9. The molecule has 1 unspecified atom stereocenters. The van der Waals surface area contributed by atoms with Crippen molar-refractivity contribution in [3.8, 4) is 5.75 Å². The molecule has 1 aromatic rings. The Balaban J connectivity index is 2.65. The molecule has 0 N–H and O–H groups in total. The molecule has 3 heteroatoms. The molecule has 0 spiro atoms. The van der Waals surface area contributed by atoms with Crippen LogP contribution in [0.25, 0.3) is 0 Å². The summed E-state index contributed by atoms with van der Waals surface area (Å²) in [7, 11) is 0. The Bertz CT molecular complexity index is 326. The third-order valence-electron chi connectivity index (χ3n) is 2.49. The molecule has 16 heavy (non-hydrogen) atoms. The highest BCUT2D eigenvalue weighted by Crippen LogP contribution is 2.31. The van der Waals surface area contributed by atoms with E-state index in [9.17, 15) is 0 Å². The van der Waals surface area contributed by atoms with Crippen LogP contribution >= 0.6 is 31.9 Å². The van der Waals surface area contributed by atoms with E-state index in [-0.39, 0.29) is 0 Å². The number of ether oxygens (including phenoxy) is 1. The van der Waals surface area contributed by atoms with E-state index >= 15 is 0 Å². The predicted octanol–water partition coefficient (Wildman–Crippen LogP) is 5.16. The highest BCUT2D eigenvalue weighted by Gasteiger charge is 2.09. The Kier molecular flexibility index (Phi) is 6.44. The lowest BCUT2D eigenvalue weighted by Gasteiger charge is -2.15. The molecular weight excluding hydrogens is 332 g/mol. The number of hydrogen-bond acceptors (Lipinski definition) is 1. The van der Waals surface area contributed by atoms with Crippen LogP contribution in [0.4, 0.5) is 0 Å². The van der Waals surface area contributed by atoms with Gasteiger partial charge in [0.15, 0.2) is 0 Å². The predicted molar refractivity (Wildman–Crippen MR) is 76.3 cm³/mol. The fraction of sp³-hybridized carbons (Fsp3) is 0.538. The maximum absolute atomic E-state index is 5.90. The molecule has 1 nitrogen and oxygen atoms in total. The first-order chi connectivity index (χ1) is 7.69. The zero-order chi connectivity index (χ0) is 12.0. The third-order valence-corrected chi connectivity index (χ3v) is 3.71. The van der Waals surface area contributed by atoms with E-state index in [2.05, 4.69) is 51.8 Å². The quantitative estimate of drug-likeness (QED) is 0.644. The van der Waals surface area contributed by atoms with Crippen molar-refractivity contribution in [3.63, 3.8) is 0 Å². The molecule has 0 saturated carbocycles. The van der Waals surface area contributed by atoms with E-state index < -0.39 is 0 Å². The molecule has 0 bridgehead atoms. The van der Waals surface area contributed by atoms with Gasteiger partial charge in [0, 0.05) is 10.9 Å². The fourth-order valence-electron chi connectivity index (χ4n) is 1.62. The molecule has 0 aliphatic carbocycles. The Morgan fingerprint density at radius 3 is 2.75 bits per heavy atom. The topological polar surface area (TPSA) is 9.23 Å². The van der Waals surface area contributed by atoms with Crippen LogP contribution in [0.2, 0.25) is 0 Å². The van der Waals surface area contributed by atoms with Gasteiger partial charge in [-0.2, -0.15) is 0 Å². The van der Waals surface area contributed by atoms with Gasteiger partial charge in [-0.25, -0.2) is 0 Å². The zero-order valence-corrected chi connectivity index (χ0v) is 13.0. The van der Waals surface area contributed by atoms with E-state index in [0.29, 0.717) is 5.92 Å². The van der Waals surface area contributed by atoms with Crippen LogP contribution in [0.15, 0.2) is 22.7 Å². The van der Waals surface area contributed by atoms with Gasteiger partial charge < -0.3 is 4.74 Å². The van der Waals surface area contributed by atoms with Gasteiger partial charge in [-0.05, 0) is 34.3 Å². The molecular formula is C13H18Br2O. The standard InChI is InChI=1S/C13H18Br2O/c1-3-5-10(2)9-16-13-11(8-14)6-4-7-12(13)15/h4,6-7,10H,3,5,8-9H2,1-2H3. The normalized spacial score (nSPS) is 12.5. The average Bonchev–Trinajstić information content (AvgIpc) is 2.27. The van der Waals surface area contributed by atoms with Crippen molar-refractivity contribution in [2.45, 2.75) is 32.0 Å². The number of hydrogen-bond donors (Lipinski definition) is 0. The van der Waals surface area contributed by atoms with Crippen LogP contribution < -0.4 is 4.74 Å². The van der Waals surface area contributed by atoms with Crippen LogP contribution in [0, 0.1) is 5.92 Å². The molecule has 90 valence electrons. The van der Waals surface area contributed by atoms with E-state index in [1.54, 1.807) is 0 Å².